The summed E-state index contributed by atoms with van der Waals surface area (Å²) in [6.07, 6.45) is 1.58. The van der Waals surface area contributed by atoms with Crippen molar-refractivity contribution < 1.29 is 0 Å². The molecule has 0 amide bonds. The molecule has 0 unspecified atom stereocenters. The van der Waals surface area contributed by atoms with Crippen molar-refractivity contribution in [1.29, 1.82) is 0 Å². The van der Waals surface area contributed by atoms with Gasteiger partial charge in [-0.25, -0.2) is 9.97 Å². The lowest BCUT2D eigenvalue weighted by Gasteiger charge is -2.30. The van der Waals surface area contributed by atoms with Gasteiger partial charge in [-0.15, -0.1) is 0 Å². The van der Waals surface area contributed by atoms with E-state index < -0.39 is 0 Å². The van der Waals surface area contributed by atoms with Crippen LogP contribution in [0.3, 0.4) is 0 Å². The fourth-order valence-electron chi connectivity index (χ4n) is 3.39. The Hall–Kier alpha value is -3.28. The standard InChI is InChI=1S/C24H32N6/c1-18(2)15-29(16-19(3)4)24-22(25)23(26-17-27-24)28-30(20-11-7-5-8-12-20)21-13-9-6-10-14-21/h5-14,17-19H,15-16,25H2,1-4H3,(H,26,27,28). The molecule has 6 nitrogen and oxygen atoms in total. The number of rotatable bonds is 9. The van der Waals surface area contributed by atoms with E-state index in [1.54, 1.807) is 6.33 Å². The predicted octanol–water partition coefficient (Wildman–Crippen LogP) is 5.34. The molecule has 0 radical (unpaired) electrons. The number of aromatic nitrogens is 2. The molecule has 1 aromatic heterocycles. The molecule has 0 saturated carbocycles. The van der Waals surface area contributed by atoms with E-state index in [0.717, 1.165) is 30.3 Å². The van der Waals surface area contributed by atoms with E-state index in [1.165, 1.54) is 0 Å². The van der Waals surface area contributed by atoms with Gasteiger partial charge in [0.05, 0.1) is 11.4 Å². The van der Waals surface area contributed by atoms with Crippen LogP contribution in [-0.4, -0.2) is 23.1 Å². The zero-order chi connectivity index (χ0) is 21.5. The molecular formula is C24H32N6. The third-order valence-electron chi connectivity index (χ3n) is 4.58. The normalized spacial score (nSPS) is 11.0. The van der Waals surface area contributed by atoms with Crippen molar-refractivity contribution in [1.82, 2.24) is 9.97 Å². The van der Waals surface area contributed by atoms with Crippen LogP contribution in [0, 0.1) is 11.8 Å². The molecule has 158 valence electrons. The van der Waals surface area contributed by atoms with Gasteiger partial charge in [0.15, 0.2) is 11.6 Å². The first kappa shape index (κ1) is 21.4. The third kappa shape index (κ3) is 5.41. The van der Waals surface area contributed by atoms with Gasteiger partial charge in [-0.1, -0.05) is 64.1 Å². The Balaban J connectivity index is 1.97. The molecular weight excluding hydrogens is 372 g/mol. The van der Waals surface area contributed by atoms with Crippen LogP contribution in [0.4, 0.5) is 28.7 Å². The first-order valence-electron chi connectivity index (χ1n) is 10.5. The van der Waals surface area contributed by atoms with Crippen LogP contribution in [-0.2, 0) is 0 Å². The maximum atomic E-state index is 6.58. The number of benzene rings is 2. The van der Waals surface area contributed by atoms with E-state index >= 15 is 0 Å². The van der Waals surface area contributed by atoms with E-state index in [4.69, 9.17) is 5.73 Å². The lowest BCUT2D eigenvalue weighted by molar-refractivity contribution is 0.549. The van der Waals surface area contributed by atoms with Gasteiger partial charge in [0.2, 0.25) is 0 Å². The van der Waals surface area contributed by atoms with E-state index in [1.807, 2.05) is 65.7 Å². The highest BCUT2D eigenvalue weighted by Crippen LogP contribution is 2.31. The van der Waals surface area contributed by atoms with Gasteiger partial charge >= 0.3 is 0 Å². The molecule has 0 aliphatic carbocycles. The van der Waals surface area contributed by atoms with Crippen molar-refractivity contribution in [2.75, 3.05) is 34.2 Å². The number of para-hydroxylation sites is 2. The van der Waals surface area contributed by atoms with Gasteiger partial charge in [-0.2, -0.15) is 0 Å². The second kappa shape index (κ2) is 9.96. The Morgan fingerprint density at radius 3 is 1.77 bits per heavy atom. The van der Waals surface area contributed by atoms with Crippen molar-refractivity contribution >= 4 is 28.7 Å². The molecule has 6 heteroatoms. The van der Waals surface area contributed by atoms with Gasteiger partial charge in [-0.05, 0) is 36.1 Å². The van der Waals surface area contributed by atoms with Crippen molar-refractivity contribution in [3.63, 3.8) is 0 Å². The molecule has 0 atom stereocenters. The molecule has 3 N–H and O–H groups in total. The second-order valence-corrected chi connectivity index (χ2v) is 8.27. The number of hydrogen-bond donors (Lipinski definition) is 2. The summed E-state index contributed by atoms with van der Waals surface area (Å²) in [5.74, 6) is 2.36. The molecule has 0 aliphatic rings. The maximum absolute atomic E-state index is 6.58. The third-order valence-corrected chi connectivity index (χ3v) is 4.58. The number of nitrogens with two attached hydrogens (primary N) is 1. The average Bonchev–Trinajstić information content (AvgIpc) is 2.73. The number of nitrogens with one attached hydrogen (secondary N) is 1. The van der Waals surface area contributed by atoms with Gasteiger partial charge in [-0.3, -0.25) is 10.4 Å². The molecule has 3 rings (SSSR count). The minimum Gasteiger partial charge on any atom is -0.393 e. The van der Waals surface area contributed by atoms with Crippen LogP contribution in [0.25, 0.3) is 0 Å². The summed E-state index contributed by atoms with van der Waals surface area (Å²) in [6, 6.07) is 20.2. The number of anilines is 5. The van der Waals surface area contributed by atoms with Crippen molar-refractivity contribution in [3.8, 4) is 0 Å². The van der Waals surface area contributed by atoms with E-state index in [9.17, 15) is 0 Å². The molecule has 3 aromatic rings. The highest BCUT2D eigenvalue weighted by Gasteiger charge is 2.19. The van der Waals surface area contributed by atoms with Crippen LogP contribution in [0.5, 0.6) is 0 Å². The smallest absolute Gasteiger partial charge is 0.173 e. The van der Waals surface area contributed by atoms with Crippen molar-refractivity contribution in [2.24, 2.45) is 11.8 Å². The van der Waals surface area contributed by atoms with Gasteiger partial charge in [0.25, 0.3) is 0 Å². The van der Waals surface area contributed by atoms with Crippen LogP contribution in [0.15, 0.2) is 67.0 Å². The molecule has 0 fully saturated rings. The lowest BCUT2D eigenvalue weighted by Crippen LogP contribution is -2.33. The minimum atomic E-state index is 0.500. The number of nitrogens with zero attached hydrogens (tertiary/aromatic N) is 4. The van der Waals surface area contributed by atoms with Gasteiger partial charge in [0.1, 0.15) is 12.0 Å². The summed E-state index contributed by atoms with van der Waals surface area (Å²) in [6.45, 7) is 10.6. The summed E-state index contributed by atoms with van der Waals surface area (Å²) in [7, 11) is 0. The highest BCUT2D eigenvalue weighted by atomic mass is 15.5. The molecule has 30 heavy (non-hydrogen) atoms. The largest absolute Gasteiger partial charge is 0.393 e. The van der Waals surface area contributed by atoms with Gasteiger partial charge in [0, 0.05) is 13.1 Å². The average molecular weight is 405 g/mol. The monoisotopic (exact) mass is 404 g/mol. The Morgan fingerprint density at radius 1 is 0.800 bits per heavy atom. The van der Waals surface area contributed by atoms with Crippen LogP contribution in [0.1, 0.15) is 27.7 Å². The first-order chi connectivity index (χ1) is 14.5. The van der Waals surface area contributed by atoms with Crippen molar-refractivity contribution in [3.05, 3.63) is 67.0 Å². The van der Waals surface area contributed by atoms with Crippen LogP contribution in [0.2, 0.25) is 0 Å². The second-order valence-electron chi connectivity index (χ2n) is 8.27. The molecule has 2 aromatic carbocycles. The number of nitrogen functional groups attached to an aromatic ring is 1. The van der Waals surface area contributed by atoms with Crippen molar-refractivity contribution in [2.45, 2.75) is 27.7 Å². The highest BCUT2D eigenvalue weighted by molar-refractivity contribution is 5.78. The Morgan fingerprint density at radius 2 is 1.30 bits per heavy atom. The summed E-state index contributed by atoms with van der Waals surface area (Å²) >= 11 is 0. The summed E-state index contributed by atoms with van der Waals surface area (Å²) in [5.41, 5.74) is 12.5. The fourth-order valence-corrected chi connectivity index (χ4v) is 3.39. The molecule has 1 heterocycles. The zero-order valence-electron chi connectivity index (χ0n) is 18.3. The minimum absolute atomic E-state index is 0.500. The van der Waals surface area contributed by atoms with E-state index in [0.29, 0.717) is 23.3 Å². The van der Waals surface area contributed by atoms with Gasteiger partial charge < -0.3 is 10.6 Å². The SMILES string of the molecule is CC(C)CN(CC(C)C)c1ncnc(NN(c2ccccc2)c2ccccc2)c1N. The zero-order valence-corrected chi connectivity index (χ0v) is 18.3. The molecule has 0 bridgehead atoms. The molecule has 0 spiro atoms. The number of hydrogen-bond acceptors (Lipinski definition) is 6. The van der Waals surface area contributed by atoms with Crippen LogP contribution >= 0.6 is 0 Å². The van der Waals surface area contributed by atoms with E-state index in [-0.39, 0.29) is 0 Å². The lowest BCUT2D eigenvalue weighted by atomic mass is 10.1. The summed E-state index contributed by atoms with van der Waals surface area (Å²) < 4.78 is 0. The van der Waals surface area contributed by atoms with Crippen LogP contribution < -0.4 is 21.1 Å². The summed E-state index contributed by atoms with van der Waals surface area (Å²) in [4.78, 5) is 11.2. The fraction of sp³-hybridized carbons (Fsp3) is 0.333. The first-order valence-corrected chi connectivity index (χ1v) is 10.5. The Kier molecular flexibility index (Phi) is 7.12. The molecule has 0 aliphatic heterocycles. The Labute approximate surface area is 179 Å². The maximum Gasteiger partial charge on any atom is 0.173 e. The summed E-state index contributed by atoms with van der Waals surface area (Å²) in [5, 5.41) is 1.98. The quantitative estimate of drug-likeness (QED) is 0.469. The topological polar surface area (TPSA) is 70.3 Å². The number of hydrazine groups is 1. The Bertz CT molecular complexity index is 862. The molecule has 0 saturated heterocycles. The predicted molar refractivity (Wildman–Crippen MR) is 127 cm³/mol. The van der Waals surface area contributed by atoms with E-state index in [2.05, 4.69) is 48.0 Å².